The fraction of sp³-hybridized carbons (Fsp3) is 0.444. The first-order valence-electron chi connectivity index (χ1n) is 3.12. The molecule has 0 N–H and O–H groups in total. The maximum atomic E-state index is 3.60. The Morgan fingerprint density at radius 2 is 1.00 bits per heavy atom. The average molecular weight is 360 g/mol. The molecule has 0 fully saturated rings. The van der Waals surface area contributed by atoms with Crippen LogP contribution in [-0.4, -0.2) is 0 Å². The van der Waals surface area contributed by atoms with Crippen molar-refractivity contribution >= 4 is 0 Å². The van der Waals surface area contributed by atoms with Gasteiger partial charge in [0.1, 0.15) is 0 Å². The molecule has 67 valence electrons. The largest absolute Gasteiger partial charge is 2.00 e. The minimum atomic E-state index is 0. The van der Waals surface area contributed by atoms with Crippen LogP contribution in [0.5, 0.6) is 0 Å². The summed E-state index contributed by atoms with van der Waals surface area (Å²) in [6.45, 7) is 18.4. The van der Waals surface area contributed by atoms with Crippen LogP contribution < -0.4 is 0 Å². The summed E-state index contributed by atoms with van der Waals surface area (Å²) in [6.07, 6.45) is 2.00. The third kappa shape index (κ3) is 34.9. The molecule has 0 unspecified atom stereocenters. The number of hydrogen-bond acceptors (Lipinski definition) is 0. The van der Waals surface area contributed by atoms with Gasteiger partial charge in [0.05, 0.1) is 0 Å². The maximum absolute atomic E-state index is 3.60. The molecule has 0 heterocycles. The predicted octanol–water partition coefficient (Wildman–Crippen LogP) is 2.78. The van der Waals surface area contributed by atoms with Crippen LogP contribution >= 0.6 is 0 Å². The van der Waals surface area contributed by atoms with Crippen molar-refractivity contribution in [3.63, 3.8) is 0 Å². The summed E-state index contributed by atoms with van der Waals surface area (Å²) in [5.74, 6) is 0.259. The third-order valence-corrected chi connectivity index (χ3v) is 0.667. The van der Waals surface area contributed by atoms with Crippen molar-refractivity contribution < 1.29 is 39.6 Å². The van der Waals surface area contributed by atoms with Crippen molar-refractivity contribution in [1.82, 2.24) is 0 Å². The van der Waals surface area contributed by atoms with Gasteiger partial charge in [-0.05, 0) is 0 Å². The topological polar surface area (TPSA) is 0 Å². The van der Waals surface area contributed by atoms with E-state index in [1.807, 2.05) is 20.3 Å². The summed E-state index contributed by atoms with van der Waals surface area (Å²) in [4.78, 5) is 0. The molecule has 1 radical (unpaired) electrons. The SMILES string of the molecule is C[CH-]C.[CH2-]C([CH2-])C([CH2-])[CH2-].[V].[W+2]. The van der Waals surface area contributed by atoms with E-state index in [4.69, 9.17) is 0 Å². The molecule has 0 nitrogen and oxygen atoms in total. The zero-order valence-electron chi connectivity index (χ0n) is 7.42. The Labute approximate surface area is 99.1 Å². The molecule has 0 spiro atoms. The van der Waals surface area contributed by atoms with Crippen molar-refractivity contribution in [1.29, 1.82) is 0 Å². The van der Waals surface area contributed by atoms with Crippen molar-refractivity contribution in [2.75, 3.05) is 0 Å². The Morgan fingerprint density at radius 1 is 0.909 bits per heavy atom. The van der Waals surface area contributed by atoms with Gasteiger partial charge < -0.3 is 46.0 Å². The van der Waals surface area contributed by atoms with Crippen LogP contribution in [0.3, 0.4) is 0 Å². The van der Waals surface area contributed by atoms with Crippen molar-refractivity contribution in [2.24, 2.45) is 11.8 Å². The van der Waals surface area contributed by atoms with Gasteiger partial charge >= 0.3 is 21.1 Å². The van der Waals surface area contributed by atoms with E-state index in [-0.39, 0.29) is 51.5 Å². The summed E-state index contributed by atoms with van der Waals surface area (Å²) in [7, 11) is 0. The molecule has 11 heavy (non-hydrogen) atoms. The Hall–Kier alpha value is 1.27. The van der Waals surface area contributed by atoms with Gasteiger partial charge in [0, 0.05) is 18.6 Å². The van der Waals surface area contributed by atoms with E-state index in [1.165, 1.54) is 0 Å². The van der Waals surface area contributed by atoms with E-state index in [9.17, 15) is 0 Å². The van der Waals surface area contributed by atoms with Crippen LogP contribution in [0, 0.1) is 46.0 Å². The fourth-order valence-corrected chi connectivity index (χ4v) is 0. The van der Waals surface area contributed by atoms with Crippen LogP contribution in [0.15, 0.2) is 0 Å². The van der Waals surface area contributed by atoms with E-state index < -0.39 is 0 Å². The second-order valence-electron chi connectivity index (χ2n) is 2.10. The van der Waals surface area contributed by atoms with Gasteiger partial charge in [-0.1, -0.05) is 0 Å². The minimum absolute atomic E-state index is 0. The van der Waals surface area contributed by atoms with Gasteiger partial charge in [-0.25, -0.2) is 0 Å². The molecular weight excluding hydrogens is 343 g/mol. The molecule has 0 rings (SSSR count). The van der Waals surface area contributed by atoms with Crippen molar-refractivity contribution in [2.45, 2.75) is 13.8 Å². The molecule has 0 atom stereocenters. The first-order chi connectivity index (χ1) is 4.06. The summed E-state index contributed by atoms with van der Waals surface area (Å²) in [6, 6.07) is 0. The van der Waals surface area contributed by atoms with Crippen LogP contribution in [0.2, 0.25) is 0 Å². The Bertz CT molecular complexity index is 38.8. The first kappa shape index (κ1) is 22.8. The molecule has 0 bridgehead atoms. The molecular formula is C9H17VW-3. The third-order valence-electron chi connectivity index (χ3n) is 0.667. The van der Waals surface area contributed by atoms with Crippen molar-refractivity contribution in [3.8, 4) is 0 Å². The van der Waals surface area contributed by atoms with Gasteiger partial charge in [-0.15, -0.1) is 0 Å². The summed E-state index contributed by atoms with van der Waals surface area (Å²) < 4.78 is 0. The molecule has 0 aliphatic heterocycles. The average Bonchev–Trinajstić information content (AvgIpc) is 1.68. The molecule has 0 amide bonds. The van der Waals surface area contributed by atoms with E-state index in [0.29, 0.717) is 0 Å². The molecule has 0 aromatic carbocycles. The second kappa shape index (κ2) is 17.4. The summed E-state index contributed by atoms with van der Waals surface area (Å²) >= 11 is 0. The normalized spacial score (nSPS) is 7.64. The zero-order valence-corrected chi connectivity index (χ0v) is 11.7. The van der Waals surface area contributed by atoms with Gasteiger partial charge in [0.2, 0.25) is 0 Å². The van der Waals surface area contributed by atoms with Gasteiger partial charge in [-0.2, -0.15) is 13.8 Å². The van der Waals surface area contributed by atoms with Crippen LogP contribution in [0.25, 0.3) is 0 Å². The van der Waals surface area contributed by atoms with Crippen LogP contribution in [-0.2, 0) is 39.6 Å². The molecule has 0 aliphatic rings. The van der Waals surface area contributed by atoms with Crippen LogP contribution in [0.4, 0.5) is 0 Å². The molecule has 0 saturated carbocycles. The smallest absolute Gasteiger partial charge is 0.374 e. The second-order valence-corrected chi connectivity index (χ2v) is 2.10. The van der Waals surface area contributed by atoms with E-state index in [0.717, 1.165) is 0 Å². The molecule has 2 heteroatoms. The Balaban J connectivity index is -0.0000000437. The monoisotopic (exact) mass is 360 g/mol. The Kier molecular flexibility index (Phi) is 36.0. The predicted molar refractivity (Wildman–Crippen MR) is 44.1 cm³/mol. The standard InChI is InChI=1S/C6H10.C3H7.V.W/c1-5(2)6(3)4;1-3-2;;/h5-6H,1-4H2;3H,1-2H3;;/q-4;-1;;+2. The minimum Gasteiger partial charge on any atom is -0.374 e. The maximum Gasteiger partial charge on any atom is 2.00 e. The fourth-order valence-electron chi connectivity index (χ4n) is 0. The van der Waals surface area contributed by atoms with Gasteiger partial charge in [0.25, 0.3) is 0 Å². The molecule has 0 aromatic heterocycles. The quantitative estimate of drug-likeness (QED) is 0.631. The van der Waals surface area contributed by atoms with Crippen molar-refractivity contribution in [3.05, 3.63) is 34.1 Å². The summed E-state index contributed by atoms with van der Waals surface area (Å²) in [5, 5.41) is 0. The number of rotatable bonds is 1. The van der Waals surface area contributed by atoms with E-state index in [1.54, 1.807) is 0 Å². The summed E-state index contributed by atoms with van der Waals surface area (Å²) in [5.41, 5.74) is 0. The van der Waals surface area contributed by atoms with Gasteiger partial charge in [-0.3, -0.25) is 0 Å². The first-order valence-corrected chi connectivity index (χ1v) is 3.12. The zero-order chi connectivity index (χ0) is 7.86. The molecule has 0 aromatic rings. The van der Waals surface area contributed by atoms with E-state index in [2.05, 4.69) is 27.7 Å². The molecule has 0 aliphatic carbocycles. The molecule has 0 saturated heterocycles. The number of hydrogen-bond donors (Lipinski definition) is 0. The van der Waals surface area contributed by atoms with Gasteiger partial charge in [0.15, 0.2) is 0 Å². The van der Waals surface area contributed by atoms with Crippen LogP contribution in [0.1, 0.15) is 13.8 Å². The Morgan fingerprint density at radius 3 is 1.00 bits per heavy atom. The van der Waals surface area contributed by atoms with E-state index >= 15 is 0 Å².